The minimum Gasteiger partial charge on any atom is -0.265 e. The number of hydrogen-bond acceptors (Lipinski definition) is 3. The molecule has 9 heteroatoms. The van der Waals surface area contributed by atoms with E-state index in [4.69, 9.17) is 11.6 Å². The molecule has 108 valence electrons. The van der Waals surface area contributed by atoms with E-state index in [1.54, 1.807) is 6.07 Å². The molecule has 0 bridgehead atoms. The normalized spacial score (nSPS) is 11.6. The van der Waals surface area contributed by atoms with E-state index >= 15 is 0 Å². The Bertz CT molecular complexity index is 728. The van der Waals surface area contributed by atoms with Crippen molar-refractivity contribution in [1.29, 1.82) is 0 Å². The van der Waals surface area contributed by atoms with Crippen molar-refractivity contribution in [3.8, 4) is 0 Å². The number of benzene rings is 1. The maximum Gasteiger partial charge on any atom is 0.231 e. The van der Waals surface area contributed by atoms with Gasteiger partial charge < -0.3 is 0 Å². The third kappa shape index (κ3) is 3.71. The monoisotopic (exact) mass is 381 g/mol. The van der Waals surface area contributed by atoms with Gasteiger partial charge in [-0.05, 0) is 28.1 Å². The van der Waals surface area contributed by atoms with Gasteiger partial charge in [-0.3, -0.25) is 9.40 Å². The van der Waals surface area contributed by atoms with E-state index in [1.165, 1.54) is 23.0 Å². The number of anilines is 1. The van der Waals surface area contributed by atoms with Crippen LogP contribution in [0.3, 0.4) is 0 Å². The third-order valence-electron chi connectivity index (χ3n) is 2.38. The first-order valence-electron chi connectivity index (χ1n) is 5.40. The van der Waals surface area contributed by atoms with Crippen molar-refractivity contribution in [3.63, 3.8) is 0 Å². The fourth-order valence-electron chi connectivity index (χ4n) is 1.57. The zero-order valence-electron chi connectivity index (χ0n) is 10.3. The van der Waals surface area contributed by atoms with Crippen molar-refractivity contribution in [1.82, 2.24) is 9.78 Å². The summed E-state index contributed by atoms with van der Waals surface area (Å²) in [7, 11) is -3.43. The number of nitrogens with one attached hydrogen (secondary N) is 1. The van der Waals surface area contributed by atoms with E-state index in [-0.39, 0.29) is 22.9 Å². The molecule has 0 aliphatic carbocycles. The Kier molecular flexibility index (Phi) is 4.36. The van der Waals surface area contributed by atoms with E-state index in [1.807, 2.05) is 0 Å². The minimum absolute atomic E-state index is 0.0928. The lowest BCUT2D eigenvalue weighted by Crippen LogP contribution is -2.11. The Morgan fingerprint density at radius 3 is 2.80 bits per heavy atom. The van der Waals surface area contributed by atoms with Crippen molar-refractivity contribution in [2.75, 3.05) is 11.0 Å². The van der Waals surface area contributed by atoms with E-state index in [2.05, 4.69) is 25.8 Å². The Morgan fingerprint density at radius 2 is 2.20 bits per heavy atom. The first kappa shape index (κ1) is 15.3. The summed E-state index contributed by atoms with van der Waals surface area (Å²) in [6.07, 6.45) is 2.56. The zero-order valence-corrected chi connectivity index (χ0v) is 13.4. The number of sulfonamides is 1. The quantitative estimate of drug-likeness (QED) is 0.884. The Balaban J connectivity index is 2.30. The van der Waals surface area contributed by atoms with Crippen LogP contribution in [0, 0.1) is 5.82 Å². The van der Waals surface area contributed by atoms with Crippen LogP contribution < -0.4 is 4.72 Å². The molecule has 0 aliphatic rings. The average Bonchev–Trinajstić information content (AvgIpc) is 2.62. The average molecular weight is 383 g/mol. The van der Waals surface area contributed by atoms with Crippen LogP contribution in [-0.2, 0) is 16.6 Å². The highest BCUT2D eigenvalue weighted by atomic mass is 79.9. The topological polar surface area (TPSA) is 64.0 Å². The van der Waals surface area contributed by atoms with Crippen molar-refractivity contribution in [2.45, 2.75) is 6.54 Å². The number of halogens is 3. The van der Waals surface area contributed by atoms with Crippen molar-refractivity contribution < 1.29 is 12.8 Å². The van der Waals surface area contributed by atoms with E-state index in [0.29, 0.717) is 4.47 Å². The van der Waals surface area contributed by atoms with Crippen LogP contribution in [0.15, 0.2) is 28.9 Å². The lowest BCUT2D eigenvalue weighted by Gasteiger charge is -2.05. The highest BCUT2D eigenvalue weighted by molar-refractivity contribution is 9.10. The predicted octanol–water partition coefficient (Wildman–Crippen LogP) is 2.86. The second-order valence-electron chi connectivity index (χ2n) is 4.10. The summed E-state index contributed by atoms with van der Waals surface area (Å²) in [6.45, 7) is 0.0928. The van der Waals surface area contributed by atoms with Gasteiger partial charge in [-0.15, -0.1) is 0 Å². The van der Waals surface area contributed by atoms with Gasteiger partial charge in [-0.2, -0.15) is 5.10 Å². The zero-order chi connectivity index (χ0) is 14.9. The van der Waals surface area contributed by atoms with Gasteiger partial charge in [0.1, 0.15) is 5.82 Å². The lowest BCUT2D eigenvalue weighted by molar-refractivity contribution is 0.585. The molecule has 0 spiro atoms. The number of nitrogens with zero attached hydrogens (tertiary/aromatic N) is 2. The molecule has 2 aromatic rings. The van der Waals surface area contributed by atoms with Crippen LogP contribution in [-0.4, -0.2) is 24.5 Å². The maximum absolute atomic E-state index is 13.7. The van der Waals surface area contributed by atoms with E-state index in [0.717, 1.165) is 6.26 Å². The fraction of sp³-hybridized carbons (Fsp3) is 0.182. The summed E-state index contributed by atoms with van der Waals surface area (Å²) < 4.78 is 40.1. The van der Waals surface area contributed by atoms with Crippen LogP contribution in [0.2, 0.25) is 5.02 Å². The third-order valence-corrected chi connectivity index (χ3v) is 3.88. The fourth-order valence-corrected chi connectivity index (χ4v) is 2.84. The van der Waals surface area contributed by atoms with Crippen molar-refractivity contribution in [2.24, 2.45) is 0 Å². The van der Waals surface area contributed by atoms with E-state index in [9.17, 15) is 12.8 Å². The molecule has 1 aromatic heterocycles. The van der Waals surface area contributed by atoms with Gasteiger partial charge in [0.15, 0.2) is 5.82 Å². The first-order chi connectivity index (χ1) is 9.26. The number of rotatable bonds is 4. The van der Waals surface area contributed by atoms with Gasteiger partial charge in [-0.1, -0.05) is 17.7 Å². The van der Waals surface area contributed by atoms with Crippen LogP contribution >= 0.6 is 27.5 Å². The molecule has 0 unspecified atom stereocenters. The smallest absolute Gasteiger partial charge is 0.231 e. The molecule has 0 saturated heterocycles. The molecule has 2 rings (SSSR count). The standard InChI is InChI=1S/C11H10BrClFN3O2S/c1-20(18,19)16-11-8(12)6-17(15-11)5-7-9(13)3-2-4-10(7)14/h2-4,6H,5H2,1H3,(H,15,16). The number of aromatic nitrogens is 2. The maximum atomic E-state index is 13.7. The number of hydrogen-bond donors (Lipinski definition) is 1. The molecule has 20 heavy (non-hydrogen) atoms. The molecule has 0 atom stereocenters. The summed E-state index contributed by atoms with van der Waals surface area (Å²) in [5, 5.41) is 4.31. The molecule has 0 saturated carbocycles. The lowest BCUT2D eigenvalue weighted by atomic mass is 10.2. The summed E-state index contributed by atoms with van der Waals surface area (Å²) >= 11 is 9.11. The molecule has 5 nitrogen and oxygen atoms in total. The molecule has 0 radical (unpaired) electrons. The largest absolute Gasteiger partial charge is 0.265 e. The van der Waals surface area contributed by atoms with Crippen molar-refractivity contribution >= 4 is 43.4 Å². The Morgan fingerprint density at radius 1 is 1.50 bits per heavy atom. The summed E-state index contributed by atoms with van der Waals surface area (Å²) in [5.41, 5.74) is 0.287. The van der Waals surface area contributed by atoms with Gasteiger partial charge in [-0.25, -0.2) is 12.8 Å². The molecular formula is C11H10BrClFN3O2S. The molecule has 1 aromatic carbocycles. The molecule has 0 aliphatic heterocycles. The van der Waals surface area contributed by atoms with Crippen LogP contribution in [0.4, 0.5) is 10.2 Å². The molecule has 1 N–H and O–H groups in total. The summed E-state index contributed by atoms with van der Waals surface area (Å²) in [5.74, 6) is -0.304. The van der Waals surface area contributed by atoms with Gasteiger partial charge in [0.2, 0.25) is 10.0 Å². The van der Waals surface area contributed by atoms with Gasteiger partial charge in [0.25, 0.3) is 0 Å². The second kappa shape index (κ2) is 5.71. The summed E-state index contributed by atoms with van der Waals surface area (Å²) in [6, 6.07) is 4.39. The minimum atomic E-state index is -3.43. The highest BCUT2D eigenvalue weighted by Crippen LogP contribution is 2.24. The molecule has 0 amide bonds. The van der Waals surface area contributed by atoms with E-state index < -0.39 is 15.8 Å². The molecular weight excluding hydrogens is 373 g/mol. The SMILES string of the molecule is CS(=O)(=O)Nc1nn(Cc2c(F)cccc2Cl)cc1Br. The Labute approximate surface area is 128 Å². The van der Waals surface area contributed by atoms with Crippen LogP contribution in [0.1, 0.15) is 5.56 Å². The van der Waals surface area contributed by atoms with Crippen LogP contribution in [0.5, 0.6) is 0 Å². The molecule has 1 heterocycles. The van der Waals surface area contributed by atoms with Gasteiger partial charge in [0, 0.05) is 16.8 Å². The van der Waals surface area contributed by atoms with Gasteiger partial charge in [0.05, 0.1) is 17.3 Å². The van der Waals surface area contributed by atoms with Crippen molar-refractivity contribution in [3.05, 3.63) is 45.3 Å². The predicted molar refractivity (Wildman–Crippen MR) is 78.9 cm³/mol. The second-order valence-corrected chi connectivity index (χ2v) is 7.11. The highest BCUT2D eigenvalue weighted by Gasteiger charge is 2.13. The molecule has 0 fully saturated rings. The Hall–Kier alpha value is -1.12. The first-order valence-corrected chi connectivity index (χ1v) is 8.46. The van der Waals surface area contributed by atoms with Crippen LogP contribution in [0.25, 0.3) is 0 Å². The van der Waals surface area contributed by atoms with Gasteiger partial charge >= 0.3 is 0 Å². The summed E-state index contributed by atoms with van der Waals surface area (Å²) in [4.78, 5) is 0.